The van der Waals surface area contributed by atoms with Crippen molar-refractivity contribution >= 4 is 5.91 Å². The van der Waals surface area contributed by atoms with E-state index in [0.29, 0.717) is 18.2 Å². The molecule has 126 valence electrons. The lowest BCUT2D eigenvalue weighted by atomic mass is 10.2. The monoisotopic (exact) mass is 335 g/mol. The standard InChI is InChI=1S/C20H18FN3O/c21-16-10-6-14(7-11-16)13-22-20(25)19-12-18(15-8-9-15)23-24(19)17-4-2-1-3-5-17/h1-7,10-12,15H,8-9,13H2,(H,22,25). The summed E-state index contributed by atoms with van der Waals surface area (Å²) >= 11 is 0. The van der Waals surface area contributed by atoms with Crippen LogP contribution in [0.4, 0.5) is 4.39 Å². The van der Waals surface area contributed by atoms with Gasteiger partial charge in [-0.15, -0.1) is 0 Å². The van der Waals surface area contributed by atoms with E-state index in [2.05, 4.69) is 10.4 Å². The number of hydrogen-bond acceptors (Lipinski definition) is 2. The fourth-order valence-electron chi connectivity index (χ4n) is 2.78. The molecule has 3 aromatic rings. The van der Waals surface area contributed by atoms with Crippen LogP contribution in [-0.4, -0.2) is 15.7 Å². The molecule has 1 aromatic heterocycles. The number of hydrogen-bond donors (Lipinski definition) is 1. The smallest absolute Gasteiger partial charge is 0.270 e. The van der Waals surface area contributed by atoms with Crippen molar-refractivity contribution in [1.29, 1.82) is 0 Å². The molecule has 1 aliphatic carbocycles. The molecule has 1 N–H and O–H groups in total. The third-order valence-corrected chi connectivity index (χ3v) is 4.32. The van der Waals surface area contributed by atoms with E-state index in [4.69, 9.17) is 0 Å². The summed E-state index contributed by atoms with van der Waals surface area (Å²) in [6.45, 7) is 0.345. The summed E-state index contributed by atoms with van der Waals surface area (Å²) in [4.78, 5) is 12.7. The molecular formula is C20H18FN3O. The van der Waals surface area contributed by atoms with Crippen LogP contribution in [0.25, 0.3) is 5.69 Å². The molecule has 0 bridgehead atoms. The molecule has 0 radical (unpaired) electrons. The van der Waals surface area contributed by atoms with Gasteiger partial charge in [0.25, 0.3) is 5.91 Å². The molecule has 0 saturated heterocycles. The molecule has 1 fully saturated rings. The summed E-state index contributed by atoms with van der Waals surface area (Å²) < 4.78 is 14.7. The molecule has 4 rings (SSSR count). The summed E-state index contributed by atoms with van der Waals surface area (Å²) in [7, 11) is 0. The Morgan fingerprint density at radius 1 is 1.12 bits per heavy atom. The Morgan fingerprint density at radius 3 is 2.52 bits per heavy atom. The van der Waals surface area contributed by atoms with Crippen molar-refractivity contribution in [3.05, 3.63) is 83.4 Å². The maximum Gasteiger partial charge on any atom is 0.270 e. The second-order valence-corrected chi connectivity index (χ2v) is 6.29. The average molecular weight is 335 g/mol. The molecule has 1 heterocycles. The predicted molar refractivity (Wildman–Crippen MR) is 93.1 cm³/mol. The fourth-order valence-corrected chi connectivity index (χ4v) is 2.78. The number of carbonyl (C=O) groups is 1. The van der Waals surface area contributed by atoms with Crippen LogP contribution in [0, 0.1) is 5.82 Å². The number of halogens is 1. The summed E-state index contributed by atoms with van der Waals surface area (Å²) in [6, 6.07) is 17.6. The second kappa shape index (κ2) is 6.51. The Balaban J connectivity index is 1.57. The first kappa shape index (κ1) is 15.6. The number of aromatic nitrogens is 2. The van der Waals surface area contributed by atoms with Crippen molar-refractivity contribution < 1.29 is 9.18 Å². The van der Waals surface area contributed by atoms with Gasteiger partial charge in [0.15, 0.2) is 0 Å². The van der Waals surface area contributed by atoms with Crippen LogP contribution in [0.2, 0.25) is 0 Å². The molecule has 0 spiro atoms. The molecule has 0 unspecified atom stereocenters. The summed E-state index contributed by atoms with van der Waals surface area (Å²) in [6.07, 6.45) is 2.25. The molecule has 5 heteroatoms. The van der Waals surface area contributed by atoms with Gasteiger partial charge in [0.05, 0.1) is 11.4 Å². The van der Waals surface area contributed by atoms with Gasteiger partial charge in [-0.2, -0.15) is 5.10 Å². The third kappa shape index (κ3) is 3.45. The summed E-state index contributed by atoms with van der Waals surface area (Å²) in [5, 5.41) is 7.53. The maximum absolute atomic E-state index is 13.0. The van der Waals surface area contributed by atoms with Gasteiger partial charge in [-0.25, -0.2) is 9.07 Å². The van der Waals surface area contributed by atoms with E-state index in [1.54, 1.807) is 16.8 Å². The Labute approximate surface area is 145 Å². The zero-order chi connectivity index (χ0) is 17.2. The molecule has 2 aromatic carbocycles. The summed E-state index contributed by atoms with van der Waals surface area (Å²) in [5.74, 6) is -0.00695. The van der Waals surface area contributed by atoms with Crippen LogP contribution in [-0.2, 0) is 6.54 Å². The molecule has 0 atom stereocenters. The zero-order valence-electron chi connectivity index (χ0n) is 13.7. The Morgan fingerprint density at radius 2 is 1.84 bits per heavy atom. The third-order valence-electron chi connectivity index (χ3n) is 4.32. The van der Waals surface area contributed by atoms with Crippen molar-refractivity contribution in [3.8, 4) is 5.69 Å². The van der Waals surface area contributed by atoms with Crippen LogP contribution in [0.1, 0.15) is 40.5 Å². The zero-order valence-corrected chi connectivity index (χ0v) is 13.7. The molecule has 1 amide bonds. The molecule has 1 aliphatic rings. The van der Waals surface area contributed by atoms with Crippen molar-refractivity contribution in [2.45, 2.75) is 25.3 Å². The highest BCUT2D eigenvalue weighted by molar-refractivity contribution is 5.93. The highest BCUT2D eigenvalue weighted by Crippen LogP contribution is 2.39. The lowest BCUT2D eigenvalue weighted by Gasteiger charge is -2.08. The van der Waals surface area contributed by atoms with Gasteiger partial charge in [-0.3, -0.25) is 4.79 Å². The first-order valence-corrected chi connectivity index (χ1v) is 8.39. The van der Waals surface area contributed by atoms with E-state index in [1.807, 2.05) is 36.4 Å². The van der Waals surface area contributed by atoms with Crippen molar-refractivity contribution in [3.63, 3.8) is 0 Å². The van der Waals surface area contributed by atoms with E-state index in [9.17, 15) is 9.18 Å². The first-order chi connectivity index (χ1) is 12.2. The van der Waals surface area contributed by atoms with E-state index in [1.165, 1.54) is 12.1 Å². The van der Waals surface area contributed by atoms with Crippen LogP contribution >= 0.6 is 0 Å². The number of nitrogens with one attached hydrogen (secondary N) is 1. The second-order valence-electron chi connectivity index (χ2n) is 6.29. The van der Waals surface area contributed by atoms with Gasteiger partial charge >= 0.3 is 0 Å². The van der Waals surface area contributed by atoms with Gasteiger partial charge in [0, 0.05) is 12.5 Å². The number of para-hydroxylation sites is 1. The van der Waals surface area contributed by atoms with E-state index in [0.717, 1.165) is 29.8 Å². The van der Waals surface area contributed by atoms with Crippen LogP contribution < -0.4 is 5.32 Å². The molecule has 25 heavy (non-hydrogen) atoms. The number of carbonyl (C=O) groups excluding carboxylic acids is 1. The van der Waals surface area contributed by atoms with Crippen molar-refractivity contribution in [2.75, 3.05) is 0 Å². The Hall–Kier alpha value is -2.95. The van der Waals surface area contributed by atoms with Crippen molar-refractivity contribution in [1.82, 2.24) is 15.1 Å². The summed E-state index contributed by atoms with van der Waals surface area (Å²) in [5.41, 5.74) is 3.20. The minimum Gasteiger partial charge on any atom is -0.347 e. The lowest BCUT2D eigenvalue weighted by molar-refractivity contribution is 0.0943. The SMILES string of the molecule is O=C(NCc1ccc(F)cc1)c1cc(C2CC2)nn1-c1ccccc1. The molecule has 4 nitrogen and oxygen atoms in total. The fraction of sp³-hybridized carbons (Fsp3) is 0.200. The first-order valence-electron chi connectivity index (χ1n) is 8.39. The van der Waals surface area contributed by atoms with Crippen LogP contribution in [0.5, 0.6) is 0 Å². The molecule has 0 aliphatic heterocycles. The topological polar surface area (TPSA) is 46.9 Å². The van der Waals surface area contributed by atoms with E-state index in [-0.39, 0.29) is 11.7 Å². The highest BCUT2D eigenvalue weighted by atomic mass is 19.1. The normalized spacial score (nSPS) is 13.6. The number of benzene rings is 2. The van der Waals surface area contributed by atoms with E-state index >= 15 is 0 Å². The number of nitrogens with zero attached hydrogens (tertiary/aromatic N) is 2. The highest BCUT2D eigenvalue weighted by Gasteiger charge is 2.29. The molecule has 1 saturated carbocycles. The molecular weight excluding hydrogens is 317 g/mol. The van der Waals surface area contributed by atoms with Gasteiger partial charge in [-0.05, 0) is 48.7 Å². The minimum atomic E-state index is -0.286. The van der Waals surface area contributed by atoms with E-state index < -0.39 is 0 Å². The Kier molecular flexibility index (Phi) is 4.06. The quantitative estimate of drug-likeness (QED) is 0.770. The minimum absolute atomic E-state index is 0.187. The van der Waals surface area contributed by atoms with Crippen molar-refractivity contribution in [2.24, 2.45) is 0 Å². The average Bonchev–Trinajstić information content (AvgIpc) is 3.40. The van der Waals surface area contributed by atoms with Gasteiger partial charge in [-0.1, -0.05) is 30.3 Å². The number of amides is 1. The largest absolute Gasteiger partial charge is 0.347 e. The van der Waals surface area contributed by atoms with Gasteiger partial charge < -0.3 is 5.32 Å². The Bertz CT molecular complexity index is 883. The van der Waals surface area contributed by atoms with Gasteiger partial charge in [0.1, 0.15) is 11.5 Å². The van der Waals surface area contributed by atoms with Gasteiger partial charge in [0.2, 0.25) is 0 Å². The maximum atomic E-state index is 13.0. The predicted octanol–water partition coefficient (Wildman–Crippen LogP) is 3.82. The lowest BCUT2D eigenvalue weighted by Crippen LogP contribution is -2.25. The van der Waals surface area contributed by atoms with Crippen LogP contribution in [0.15, 0.2) is 60.7 Å². The number of rotatable bonds is 5. The van der Waals surface area contributed by atoms with Crippen LogP contribution in [0.3, 0.4) is 0 Å².